The number of nitrogens with zero attached hydrogens (tertiary/aromatic N) is 4. The molecule has 0 atom stereocenters. The molecule has 1 aliphatic rings. The molecule has 4 N–H and O–H groups in total. The van der Waals surface area contributed by atoms with Crippen molar-refractivity contribution in [1.82, 2.24) is 14.7 Å². The second-order valence-electron chi connectivity index (χ2n) is 7.85. The third-order valence-corrected chi connectivity index (χ3v) is 5.19. The smallest absolute Gasteiger partial charge is 0.343 e. The van der Waals surface area contributed by atoms with Gasteiger partial charge in [0.2, 0.25) is 5.91 Å². The van der Waals surface area contributed by atoms with Crippen molar-refractivity contribution in [2.24, 2.45) is 16.5 Å². The number of carbonyl (C=O) groups excluding carboxylic acids is 3. The number of rotatable bonds is 6. The first kappa shape index (κ1) is 23.7. The van der Waals surface area contributed by atoms with Gasteiger partial charge >= 0.3 is 5.97 Å². The topological polar surface area (TPSA) is 135 Å². The van der Waals surface area contributed by atoms with E-state index < -0.39 is 5.97 Å². The van der Waals surface area contributed by atoms with E-state index in [4.69, 9.17) is 16.2 Å². The fourth-order valence-electron chi connectivity index (χ4n) is 3.28. The summed E-state index contributed by atoms with van der Waals surface area (Å²) in [5.74, 6) is -0.321. The van der Waals surface area contributed by atoms with E-state index in [9.17, 15) is 14.4 Å². The number of aliphatic imine (C=N–C) groups is 1. The molecule has 3 rings (SSSR count). The SMILES string of the molecule is CN(C)C(=O)CN1CCN(C(=O)c2ccc(OC(=O)c3ccc(N=C(N)N)cc3)cc2)CC1. The van der Waals surface area contributed by atoms with Crippen molar-refractivity contribution < 1.29 is 19.1 Å². The number of guanidine groups is 1. The molecule has 2 aromatic rings. The number of nitrogens with two attached hydrogens (primary N) is 2. The molecule has 2 amide bonds. The molecule has 1 fully saturated rings. The van der Waals surface area contributed by atoms with Crippen molar-refractivity contribution in [3.63, 3.8) is 0 Å². The maximum atomic E-state index is 12.8. The summed E-state index contributed by atoms with van der Waals surface area (Å²) in [7, 11) is 3.46. The van der Waals surface area contributed by atoms with E-state index in [2.05, 4.69) is 4.99 Å². The van der Waals surface area contributed by atoms with Crippen molar-refractivity contribution in [3.05, 3.63) is 59.7 Å². The Kier molecular flexibility index (Phi) is 7.62. The molecule has 0 unspecified atom stereocenters. The molecule has 174 valence electrons. The quantitative estimate of drug-likeness (QED) is 0.284. The highest BCUT2D eigenvalue weighted by atomic mass is 16.5. The van der Waals surface area contributed by atoms with Crippen molar-refractivity contribution in [2.45, 2.75) is 0 Å². The van der Waals surface area contributed by atoms with Gasteiger partial charge in [0.15, 0.2) is 5.96 Å². The van der Waals surface area contributed by atoms with Crippen LogP contribution in [0.1, 0.15) is 20.7 Å². The molecule has 0 bridgehead atoms. The fraction of sp³-hybridized carbons (Fsp3) is 0.304. The molecular weight excluding hydrogens is 424 g/mol. The highest BCUT2D eigenvalue weighted by Crippen LogP contribution is 2.18. The number of esters is 1. The second kappa shape index (κ2) is 10.6. The van der Waals surface area contributed by atoms with Crippen LogP contribution >= 0.6 is 0 Å². The van der Waals surface area contributed by atoms with Crippen LogP contribution in [0.2, 0.25) is 0 Å². The molecule has 0 aromatic heterocycles. The third kappa shape index (κ3) is 6.53. The molecule has 10 heteroatoms. The van der Waals surface area contributed by atoms with E-state index in [1.165, 1.54) is 0 Å². The van der Waals surface area contributed by atoms with Crippen LogP contribution in [-0.4, -0.2) is 85.3 Å². The van der Waals surface area contributed by atoms with E-state index in [1.807, 2.05) is 4.90 Å². The predicted octanol–water partition coefficient (Wildman–Crippen LogP) is 0.657. The molecule has 1 saturated heterocycles. The Balaban J connectivity index is 1.53. The van der Waals surface area contributed by atoms with Gasteiger partial charge < -0.3 is 26.0 Å². The monoisotopic (exact) mass is 452 g/mol. The van der Waals surface area contributed by atoms with Gasteiger partial charge in [0.25, 0.3) is 5.91 Å². The third-order valence-electron chi connectivity index (χ3n) is 5.19. The lowest BCUT2D eigenvalue weighted by Gasteiger charge is -2.34. The summed E-state index contributed by atoms with van der Waals surface area (Å²) in [4.78, 5) is 46.3. The lowest BCUT2D eigenvalue weighted by atomic mass is 10.1. The minimum absolute atomic E-state index is 0.0459. The average Bonchev–Trinajstić information content (AvgIpc) is 2.79. The first-order valence-electron chi connectivity index (χ1n) is 10.5. The second-order valence-corrected chi connectivity index (χ2v) is 7.85. The standard InChI is InChI=1S/C23H28N6O4/c1-27(2)20(30)15-28-11-13-29(14-12-28)21(31)16-5-9-19(10-6-16)33-22(32)17-3-7-18(8-4-17)26-23(24)25/h3-10H,11-15H2,1-2H3,(H4,24,25,26). The number of carbonyl (C=O) groups is 3. The zero-order chi connectivity index (χ0) is 24.0. The first-order valence-corrected chi connectivity index (χ1v) is 10.5. The van der Waals surface area contributed by atoms with Gasteiger partial charge in [0.1, 0.15) is 5.75 Å². The Labute approximate surface area is 192 Å². The van der Waals surface area contributed by atoms with Crippen LogP contribution in [0.4, 0.5) is 5.69 Å². The molecule has 33 heavy (non-hydrogen) atoms. The lowest BCUT2D eigenvalue weighted by Crippen LogP contribution is -2.51. The first-order chi connectivity index (χ1) is 15.7. The normalized spacial score (nSPS) is 13.8. The minimum atomic E-state index is -0.534. The highest BCUT2D eigenvalue weighted by molar-refractivity contribution is 5.95. The summed E-state index contributed by atoms with van der Waals surface area (Å²) < 4.78 is 5.38. The van der Waals surface area contributed by atoms with E-state index in [-0.39, 0.29) is 17.8 Å². The van der Waals surface area contributed by atoms with Gasteiger partial charge in [-0.1, -0.05) is 0 Å². The number of piperazine rings is 1. The number of hydrogen-bond donors (Lipinski definition) is 2. The predicted molar refractivity (Wildman–Crippen MR) is 124 cm³/mol. The Morgan fingerprint density at radius 1 is 0.909 bits per heavy atom. The van der Waals surface area contributed by atoms with E-state index in [0.29, 0.717) is 55.3 Å². The number of benzene rings is 2. The number of likely N-dealkylation sites (N-methyl/N-ethyl adjacent to an activating group) is 1. The summed E-state index contributed by atoms with van der Waals surface area (Å²) in [6.45, 7) is 2.73. The van der Waals surface area contributed by atoms with Gasteiger partial charge in [-0.25, -0.2) is 9.79 Å². The zero-order valence-corrected chi connectivity index (χ0v) is 18.7. The number of ether oxygens (including phenoxy) is 1. The van der Waals surface area contributed by atoms with Gasteiger partial charge in [0.05, 0.1) is 17.8 Å². The van der Waals surface area contributed by atoms with Gasteiger partial charge in [-0.15, -0.1) is 0 Å². The Morgan fingerprint density at radius 3 is 2.03 bits per heavy atom. The summed E-state index contributed by atoms with van der Waals surface area (Å²) in [6, 6.07) is 12.8. The maximum absolute atomic E-state index is 12.8. The molecule has 1 aliphatic heterocycles. The molecule has 0 spiro atoms. The molecule has 10 nitrogen and oxygen atoms in total. The summed E-state index contributed by atoms with van der Waals surface area (Å²) in [5, 5.41) is 0. The summed E-state index contributed by atoms with van der Waals surface area (Å²) >= 11 is 0. The van der Waals surface area contributed by atoms with Crippen LogP contribution < -0.4 is 16.2 Å². The largest absolute Gasteiger partial charge is 0.423 e. The molecule has 1 heterocycles. The van der Waals surface area contributed by atoms with E-state index in [0.717, 1.165) is 0 Å². The van der Waals surface area contributed by atoms with Crippen molar-refractivity contribution >= 4 is 29.4 Å². The van der Waals surface area contributed by atoms with Crippen molar-refractivity contribution in [3.8, 4) is 5.75 Å². The number of hydrogen-bond acceptors (Lipinski definition) is 6. The zero-order valence-electron chi connectivity index (χ0n) is 18.7. The summed E-state index contributed by atoms with van der Waals surface area (Å²) in [5.41, 5.74) is 12.0. The van der Waals surface area contributed by atoms with Crippen LogP contribution in [0, 0.1) is 0 Å². The van der Waals surface area contributed by atoms with Crippen LogP contribution in [-0.2, 0) is 4.79 Å². The lowest BCUT2D eigenvalue weighted by molar-refractivity contribution is -0.130. The Morgan fingerprint density at radius 2 is 1.48 bits per heavy atom. The minimum Gasteiger partial charge on any atom is -0.423 e. The van der Waals surface area contributed by atoms with Crippen LogP contribution in [0.25, 0.3) is 0 Å². The molecule has 0 radical (unpaired) electrons. The maximum Gasteiger partial charge on any atom is 0.343 e. The van der Waals surface area contributed by atoms with Gasteiger partial charge in [0, 0.05) is 45.8 Å². The molecular formula is C23H28N6O4. The van der Waals surface area contributed by atoms with Crippen LogP contribution in [0.3, 0.4) is 0 Å². The van der Waals surface area contributed by atoms with Crippen LogP contribution in [0.5, 0.6) is 5.75 Å². The molecule has 2 aromatic carbocycles. The van der Waals surface area contributed by atoms with Crippen molar-refractivity contribution in [2.75, 3.05) is 46.8 Å². The van der Waals surface area contributed by atoms with E-state index in [1.54, 1.807) is 72.4 Å². The molecule has 0 saturated carbocycles. The fourth-order valence-corrected chi connectivity index (χ4v) is 3.28. The van der Waals surface area contributed by atoms with Gasteiger partial charge in [-0.2, -0.15) is 0 Å². The van der Waals surface area contributed by atoms with Gasteiger partial charge in [-0.3, -0.25) is 14.5 Å². The van der Waals surface area contributed by atoms with Crippen LogP contribution in [0.15, 0.2) is 53.5 Å². The Bertz CT molecular complexity index is 1020. The molecule has 0 aliphatic carbocycles. The number of amides is 2. The van der Waals surface area contributed by atoms with E-state index >= 15 is 0 Å². The Hall–Kier alpha value is -3.92. The summed E-state index contributed by atoms with van der Waals surface area (Å²) in [6.07, 6.45) is 0. The average molecular weight is 453 g/mol. The van der Waals surface area contributed by atoms with Crippen molar-refractivity contribution in [1.29, 1.82) is 0 Å². The highest BCUT2D eigenvalue weighted by Gasteiger charge is 2.23. The van der Waals surface area contributed by atoms with Gasteiger partial charge in [-0.05, 0) is 48.5 Å².